The van der Waals surface area contributed by atoms with E-state index < -0.39 is 5.91 Å². The van der Waals surface area contributed by atoms with Crippen molar-refractivity contribution in [3.05, 3.63) is 29.8 Å². The largest absolute Gasteiger partial charge is 0.496 e. The van der Waals surface area contributed by atoms with Crippen LogP contribution in [0.5, 0.6) is 5.75 Å². The van der Waals surface area contributed by atoms with Gasteiger partial charge in [-0.25, -0.2) is 0 Å². The van der Waals surface area contributed by atoms with E-state index in [2.05, 4.69) is 0 Å². The molecule has 0 aromatic heterocycles. The Hall–Kier alpha value is -1.84. The number of hydrogen-bond acceptors (Lipinski definition) is 3. The van der Waals surface area contributed by atoms with E-state index in [1.165, 1.54) is 7.11 Å². The molecule has 0 aliphatic heterocycles. The van der Waals surface area contributed by atoms with Crippen molar-refractivity contribution in [3.63, 3.8) is 0 Å². The number of benzene rings is 1. The summed E-state index contributed by atoms with van der Waals surface area (Å²) in [6, 6.07) is 6.68. The predicted molar refractivity (Wildman–Crippen MR) is 46.5 cm³/mol. The number of para-hydroxylation sites is 1. The van der Waals surface area contributed by atoms with Crippen LogP contribution in [0, 0.1) is 0 Å². The Kier molecular flexibility index (Phi) is 3.03. The van der Waals surface area contributed by atoms with Gasteiger partial charge in [-0.05, 0) is 12.1 Å². The molecular formula is C9H9NO3. The molecule has 1 N–H and O–H groups in total. The van der Waals surface area contributed by atoms with E-state index in [0.717, 1.165) is 0 Å². The van der Waals surface area contributed by atoms with Crippen LogP contribution in [0.2, 0.25) is 0 Å². The highest BCUT2D eigenvalue weighted by atomic mass is 16.5. The molecule has 0 aliphatic carbocycles. The lowest BCUT2D eigenvalue weighted by Crippen LogP contribution is -2.21. The van der Waals surface area contributed by atoms with Crippen molar-refractivity contribution in [1.29, 1.82) is 0 Å². The molecule has 0 aliphatic rings. The molecule has 68 valence electrons. The van der Waals surface area contributed by atoms with Gasteiger partial charge in [-0.15, -0.1) is 0 Å². The fourth-order valence-corrected chi connectivity index (χ4v) is 0.963. The van der Waals surface area contributed by atoms with Gasteiger partial charge in [0.25, 0.3) is 5.91 Å². The van der Waals surface area contributed by atoms with Crippen molar-refractivity contribution in [2.45, 2.75) is 0 Å². The Morgan fingerprint density at radius 1 is 1.46 bits per heavy atom. The Balaban J connectivity index is 2.98. The summed E-state index contributed by atoms with van der Waals surface area (Å²) in [6.45, 7) is 0. The highest BCUT2D eigenvalue weighted by Gasteiger charge is 2.09. The molecule has 0 radical (unpaired) electrons. The van der Waals surface area contributed by atoms with E-state index in [-0.39, 0.29) is 0 Å². The van der Waals surface area contributed by atoms with Crippen LogP contribution in [-0.4, -0.2) is 19.4 Å². The smallest absolute Gasteiger partial charge is 0.261 e. The van der Waals surface area contributed by atoms with Gasteiger partial charge >= 0.3 is 0 Å². The zero-order chi connectivity index (χ0) is 9.68. The standard InChI is InChI=1S/C9H9NO3/c1-13-8-5-3-2-4-7(8)9(12)10-6-11/h2-6H,1H3,(H,10,11,12). The normalized spacial score (nSPS) is 9.00. The van der Waals surface area contributed by atoms with Crippen LogP contribution in [0.4, 0.5) is 0 Å². The van der Waals surface area contributed by atoms with Gasteiger partial charge in [0.2, 0.25) is 6.41 Å². The minimum Gasteiger partial charge on any atom is -0.496 e. The van der Waals surface area contributed by atoms with Crippen LogP contribution >= 0.6 is 0 Å². The Morgan fingerprint density at radius 2 is 2.15 bits per heavy atom. The summed E-state index contributed by atoms with van der Waals surface area (Å²) >= 11 is 0. The number of rotatable bonds is 3. The number of carbonyl (C=O) groups excluding carboxylic acids is 2. The first-order chi connectivity index (χ1) is 6.29. The van der Waals surface area contributed by atoms with Crippen LogP contribution in [0.15, 0.2) is 24.3 Å². The molecule has 0 fully saturated rings. The van der Waals surface area contributed by atoms with Crippen molar-refractivity contribution in [1.82, 2.24) is 5.32 Å². The number of carbonyl (C=O) groups is 2. The van der Waals surface area contributed by atoms with E-state index in [0.29, 0.717) is 17.7 Å². The van der Waals surface area contributed by atoms with E-state index in [9.17, 15) is 9.59 Å². The first-order valence-electron chi connectivity index (χ1n) is 3.67. The van der Waals surface area contributed by atoms with E-state index in [4.69, 9.17) is 4.74 Å². The third-order valence-corrected chi connectivity index (χ3v) is 1.54. The van der Waals surface area contributed by atoms with Crippen LogP contribution < -0.4 is 10.1 Å². The molecule has 4 nitrogen and oxygen atoms in total. The molecule has 1 rings (SSSR count). The number of methoxy groups -OCH3 is 1. The molecule has 0 saturated heterocycles. The summed E-state index contributed by atoms with van der Waals surface area (Å²) < 4.78 is 4.94. The van der Waals surface area contributed by atoms with Crippen molar-refractivity contribution >= 4 is 12.3 Å². The summed E-state index contributed by atoms with van der Waals surface area (Å²) in [5.74, 6) is -0.0192. The maximum absolute atomic E-state index is 11.2. The second-order valence-corrected chi connectivity index (χ2v) is 2.29. The molecular weight excluding hydrogens is 170 g/mol. The van der Waals surface area contributed by atoms with Gasteiger partial charge in [-0.1, -0.05) is 12.1 Å². The lowest BCUT2D eigenvalue weighted by Gasteiger charge is -2.04. The molecule has 4 heteroatoms. The van der Waals surface area contributed by atoms with Crippen LogP contribution in [0.3, 0.4) is 0 Å². The molecule has 0 saturated carbocycles. The summed E-state index contributed by atoms with van der Waals surface area (Å²) in [5, 5.41) is 2.04. The van der Waals surface area contributed by atoms with Gasteiger partial charge in [0.05, 0.1) is 12.7 Å². The molecule has 0 spiro atoms. The van der Waals surface area contributed by atoms with Crippen molar-refractivity contribution in [2.24, 2.45) is 0 Å². The number of ether oxygens (including phenoxy) is 1. The first kappa shape index (κ1) is 9.25. The van der Waals surface area contributed by atoms with E-state index >= 15 is 0 Å². The number of nitrogens with one attached hydrogen (secondary N) is 1. The van der Waals surface area contributed by atoms with Crippen molar-refractivity contribution < 1.29 is 14.3 Å². The summed E-state index contributed by atoms with van der Waals surface area (Å²) in [5.41, 5.74) is 0.345. The molecule has 1 aromatic carbocycles. The fraction of sp³-hybridized carbons (Fsp3) is 0.111. The Bertz CT molecular complexity index is 322. The second kappa shape index (κ2) is 4.25. The van der Waals surface area contributed by atoms with Gasteiger partial charge in [0, 0.05) is 0 Å². The summed E-state index contributed by atoms with van der Waals surface area (Å²) in [4.78, 5) is 21.2. The molecule has 13 heavy (non-hydrogen) atoms. The monoisotopic (exact) mass is 179 g/mol. The summed E-state index contributed by atoms with van der Waals surface area (Å²) in [7, 11) is 1.47. The molecule has 0 bridgehead atoms. The highest BCUT2D eigenvalue weighted by molar-refractivity contribution is 6.01. The van der Waals surface area contributed by atoms with Crippen molar-refractivity contribution in [2.75, 3.05) is 7.11 Å². The number of amides is 2. The van der Waals surface area contributed by atoms with Gasteiger partial charge in [0.1, 0.15) is 5.75 Å². The zero-order valence-corrected chi connectivity index (χ0v) is 7.11. The van der Waals surface area contributed by atoms with Crippen LogP contribution in [-0.2, 0) is 4.79 Å². The Morgan fingerprint density at radius 3 is 2.77 bits per heavy atom. The van der Waals surface area contributed by atoms with Gasteiger partial charge in [0.15, 0.2) is 0 Å². The summed E-state index contributed by atoms with van der Waals surface area (Å²) in [6.07, 6.45) is 0.342. The average molecular weight is 179 g/mol. The first-order valence-corrected chi connectivity index (χ1v) is 3.67. The fourth-order valence-electron chi connectivity index (χ4n) is 0.963. The van der Waals surface area contributed by atoms with E-state index in [1.54, 1.807) is 24.3 Å². The molecule has 0 heterocycles. The Labute approximate surface area is 75.5 Å². The van der Waals surface area contributed by atoms with Crippen molar-refractivity contribution in [3.8, 4) is 5.75 Å². The minimum atomic E-state index is -0.465. The topological polar surface area (TPSA) is 55.4 Å². The van der Waals surface area contributed by atoms with Gasteiger partial charge < -0.3 is 4.74 Å². The van der Waals surface area contributed by atoms with Gasteiger partial charge in [-0.3, -0.25) is 14.9 Å². The zero-order valence-electron chi connectivity index (χ0n) is 7.11. The lowest BCUT2D eigenvalue weighted by atomic mass is 10.2. The maximum Gasteiger partial charge on any atom is 0.261 e. The minimum absolute atomic E-state index is 0.342. The average Bonchev–Trinajstić information content (AvgIpc) is 2.18. The molecule has 0 unspecified atom stereocenters. The third-order valence-electron chi connectivity index (χ3n) is 1.54. The molecule has 2 amide bonds. The van der Waals surface area contributed by atoms with E-state index in [1.807, 2.05) is 5.32 Å². The second-order valence-electron chi connectivity index (χ2n) is 2.29. The van der Waals surface area contributed by atoms with Gasteiger partial charge in [-0.2, -0.15) is 0 Å². The van der Waals surface area contributed by atoms with Crippen LogP contribution in [0.25, 0.3) is 0 Å². The third kappa shape index (κ3) is 2.05. The maximum atomic E-state index is 11.2. The quantitative estimate of drug-likeness (QED) is 0.690. The number of hydrogen-bond donors (Lipinski definition) is 1. The predicted octanol–water partition coefficient (Wildman–Crippen LogP) is 0.581. The SMILES string of the molecule is COc1ccccc1C(=O)NC=O. The molecule has 1 aromatic rings. The van der Waals surface area contributed by atoms with Crippen LogP contribution in [0.1, 0.15) is 10.4 Å². The highest BCUT2D eigenvalue weighted by Crippen LogP contribution is 2.16. The number of imide groups is 1. The molecule has 0 atom stereocenters. The lowest BCUT2D eigenvalue weighted by molar-refractivity contribution is -0.108.